The maximum absolute atomic E-state index is 12.7. The molecule has 0 spiro atoms. The zero-order valence-electron chi connectivity index (χ0n) is 11.0. The molecule has 0 radical (unpaired) electrons. The smallest absolute Gasteiger partial charge is 0.289 e. The van der Waals surface area contributed by atoms with Crippen LogP contribution >= 0.6 is 0 Å². The molecule has 3 rings (SSSR count). The van der Waals surface area contributed by atoms with Crippen molar-refractivity contribution in [1.82, 2.24) is 19.7 Å². The van der Waals surface area contributed by atoms with E-state index >= 15 is 0 Å². The van der Waals surface area contributed by atoms with Gasteiger partial charge >= 0.3 is 6.18 Å². The summed E-state index contributed by atoms with van der Waals surface area (Å²) in [5.41, 5.74) is -0.427. The predicted octanol–water partition coefficient (Wildman–Crippen LogP) is 2.64. The van der Waals surface area contributed by atoms with Crippen LogP contribution < -0.4 is 5.56 Å². The van der Waals surface area contributed by atoms with E-state index in [1.165, 1.54) is 36.8 Å². The van der Waals surface area contributed by atoms with Crippen molar-refractivity contribution in [3.8, 4) is 17.1 Å². The summed E-state index contributed by atoms with van der Waals surface area (Å²) in [4.78, 5) is 19.9. The van der Waals surface area contributed by atoms with Gasteiger partial charge in [0.2, 0.25) is 0 Å². The number of nitrogens with zero attached hydrogens (tertiary/aromatic N) is 3. The standard InChI is InChI=1S/C14H9F3N4O/c15-14(16,17)9-2-1-3-10(6-9)21-13(22)7-11(20-21)12-8-18-4-5-19-12/h1-8,20H. The lowest BCUT2D eigenvalue weighted by Gasteiger charge is -2.08. The number of aromatic amines is 1. The molecule has 3 aromatic rings. The summed E-state index contributed by atoms with van der Waals surface area (Å²) in [6, 6.07) is 5.75. The number of halogens is 3. The summed E-state index contributed by atoms with van der Waals surface area (Å²) in [6.07, 6.45) is -0.0949. The average Bonchev–Trinajstić information content (AvgIpc) is 2.89. The SMILES string of the molecule is O=c1cc(-c2cnccn2)[nH]n1-c1cccc(C(F)(F)F)c1. The van der Waals surface area contributed by atoms with Gasteiger partial charge in [0.15, 0.2) is 0 Å². The van der Waals surface area contributed by atoms with Crippen molar-refractivity contribution in [2.75, 3.05) is 0 Å². The second-order valence-electron chi connectivity index (χ2n) is 4.48. The van der Waals surface area contributed by atoms with E-state index in [1.54, 1.807) is 0 Å². The largest absolute Gasteiger partial charge is 0.416 e. The first-order valence-corrected chi connectivity index (χ1v) is 6.21. The van der Waals surface area contributed by atoms with Crippen molar-refractivity contribution < 1.29 is 13.2 Å². The second-order valence-corrected chi connectivity index (χ2v) is 4.48. The molecular formula is C14H9F3N4O. The zero-order chi connectivity index (χ0) is 15.7. The summed E-state index contributed by atoms with van der Waals surface area (Å²) in [5.74, 6) is 0. The fraction of sp³-hybridized carbons (Fsp3) is 0.0714. The van der Waals surface area contributed by atoms with Crippen LogP contribution in [-0.2, 0) is 6.18 Å². The van der Waals surface area contributed by atoms with Crippen LogP contribution in [0, 0.1) is 0 Å². The average molecular weight is 306 g/mol. The van der Waals surface area contributed by atoms with Crippen molar-refractivity contribution in [3.05, 3.63) is 64.8 Å². The van der Waals surface area contributed by atoms with Crippen LogP contribution in [0.2, 0.25) is 0 Å². The van der Waals surface area contributed by atoms with Gasteiger partial charge in [-0.15, -0.1) is 0 Å². The Bertz CT molecular complexity index is 852. The van der Waals surface area contributed by atoms with Crippen LogP contribution in [0.5, 0.6) is 0 Å². The molecule has 8 heteroatoms. The fourth-order valence-corrected chi connectivity index (χ4v) is 1.98. The first-order chi connectivity index (χ1) is 10.4. The molecule has 2 aromatic heterocycles. The minimum atomic E-state index is -4.47. The minimum Gasteiger partial charge on any atom is -0.289 e. The summed E-state index contributed by atoms with van der Waals surface area (Å²) in [5, 5.41) is 2.73. The molecule has 2 heterocycles. The van der Waals surface area contributed by atoms with Crippen LogP contribution in [0.15, 0.2) is 53.7 Å². The van der Waals surface area contributed by atoms with Crippen LogP contribution in [0.3, 0.4) is 0 Å². The lowest BCUT2D eigenvalue weighted by molar-refractivity contribution is -0.137. The Morgan fingerprint density at radius 3 is 2.64 bits per heavy atom. The van der Waals surface area contributed by atoms with E-state index in [9.17, 15) is 18.0 Å². The fourth-order valence-electron chi connectivity index (χ4n) is 1.98. The van der Waals surface area contributed by atoms with E-state index in [0.717, 1.165) is 16.8 Å². The first kappa shape index (κ1) is 14.1. The molecule has 0 amide bonds. The molecule has 0 unspecified atom stereocenters. The van der Waals surface area contributed by atoms with Crippen LogP contribution in [0.1, 0.15) is 5.56 Å². The molecule has 0 atom stereocenters. The molecule has 112 valence electrons. The zero-order valence-corrected chi connectivity index (χ0v) is 11.0. The molecule has 0 saturated carbocycles. The van der Waals surface area contributed by atoms with Crippen LogP contribution in [-0.4, -0.2) is 19.7 Å². The summed E-state index contributed by atoms with van der Waals surface area (Å²) >= 11 is 0. The normalized spacial score (nSPS) is 11.6. The second kappa shape index (κ2) is 5.14. The molecule has 0 aliphatic heterocycles. The highest BCUT2D eigenvalue weighted by molar-refractivity contribution is 5.52. The topological polar surface area (TPSA) is 63.6 Å². The number of hydrogen-bond donors (Lipinski definition) is 1. The van der Waals surface area contributed by atoms with Crippen molar-refractivity contribution in [3.63, 3.8) is 0 Å². The molecular weight excluding hydrogens is 297 g/mol. The van der Waals surface area contributed by atoms with Gasteiger partial charge in [-0.2, -0.15) is 13.2 Å². The molecule has 1 aromatic carbocycles. The quantitative estimate of drug-likeness (QED) is 0.791. The van der Waals surface area contributed by atoms with Gasteiger partial charge in [0.05, 0.1) is 23.1 Å². The Morgan fingerprint density at radius 2 is 1.95 bits per heavy atom. The Hall–Kier alpha value is -2.90. The lowest BCUT2D eigenvalue weighted by Crippen LogP contribution is -2.14. The highest BCUT2D eigenvalue weighted by Crippen LogP contribution is 2.30. The van der Waals surface area contributed by atoms with Gasteiger partial charge in [-0.25, -0.2) is 4.68 Å². The van der Waals surface area contributed by atoms with Crippen molar-refractivity contribution in [1.29, 1.82) is 0 Å². The number of aromatic nitrogens is 4. The Balaban J connectivity index is 2.07. The molecule has 0 fully saturated rings. The Morgan fingerprint density at radius 1 is 1.14 bits per heavy atom. The molecule has 0 bridgehead atoms. The summed E-state index contributed by atoms with van der Waals surface area (Å²) in [7, 11) is 0. The predicted molar refractivity (Wildman–Crippen MR) is 72.4 cm³/mol. The van der Waals surface area contributed by atoms with Gasteiger partial charge in [0.1, 0.15) is 5.69 Å². The van der Waals surface area contributed by atoms with E-state index in [1.807, 2.05) is 0 Å². The summed E-state index contributed by atoms with van der Waals surface area (Å²) < 4.78 is 39.2. The minimum absolute atomic E-state index is 0.0926. The van der Waals surface area contributed by atoms with E-state index in [-0.39, 0.29) is 5.69 Å². The first-order valence-electron chi connectivity index (χ1n) is 6.21. The lowest BCUT2D eigenvalue weighted by atomic mass is 10.2. The third kappa shape index (κ3) is 2.62. The van der Waals surface area contributed by atoms with Gasteiger partial charge in [-0.1, -0.05) is 6.07 Å². The van der Waals surface area contributed by atoms with Gasteiger partial charge in [-0.05, 0) is 18.2 Å². The maximum Gasteiger partial charge on any atom is 0.416 e. The van der Waals surface area contributed by atoms with Gasteiger partial charge in [-0.3, -0.25) is 19.9 Å². The van der Waals surface area contributed by atoms with E-state index < -0.39 is 17.3 Å². The third-order valence-electron chi connectivity index (χ3n) is 2.99. The van der Waals surface area contributed by atoms with Crippen LogP contribution in [0.4, 0.5) is 13.2 Å². The highest BCUT2D eigenvalue weighted by Gasteiger charge is 2.30. The van der Waals surface area contributed by atoms with Gasteiger partial charge in [0.25, 0.3) is 5.56 Å². The maximum atomic E-state index is 12.7. The van der Waals surface area contributed by atoms with Gasteiger partial charge < -0.3 is 0 Å². The number of benzene rings is 1. The molecule has 0 aliphatic rings. The number of H-pyrrole nitrogens is 1. The highest BCUT2D eigenvalue weighted by atomic mass is 19.4. The van der Waals surface area contributed by atoms with Crippen molar-refractivity contribution in [2.45, 2.75) is 6.18 Å². The molecule has 22 heavy (non-hydrogen) atoms. The van der Waals surface area contributed by atoms with Gasteiger partial charge in [0, 0.05) is 18.5 Å². The molecule has 1 N–H and O–H groups in total. The Kier molecular flexibility index (Phi) is 3.28. The van der Waals surface area contributed by atoms with E-state index in [2.05, 4.69) is 15.1 Å². The number of hydrogen-bond acceptors (Lipinski definition) is 3. The molecule has 0 saturated heterocycles. The third-order valence-corrected chi connectivity index (χ3v) is 2.99. The monoisotopic (exact) mass is 306 g/mol. The molecule has 5 nitrogen and oxygen atoms in total. The van der Waals surface area contributed by atoms with Crippen LogP contribution in [0.25, 0.3) is 17.1 Å². The number of nitrogens with one attached hydrogen (secondary N) is 1. The number of rotatable bonds is 2. The van der Waals surface area contributed by atoms with E-state index in [4.69, 9.17) is 0 Å². The number of alkyl halides is 3. The van der Waals surface area contributed by atoms with E-state index in [0.29, 0.717) is 11.4 Å². The summed E-state index contributed by atoms with van der Waals surface area (Å²) in [6.45, 7) is 0. The molecule has 0 aliphatic carbocycles. The van der Waals surface area contributed by atoms with Crippen molar-refractivity contribution in [2.24, 2.45) is 0 Å². The van der Waals surface area contributed by atoms with Crippen molar-refractivity contribution >= 4 is 0 Å². The Labute approximate surface area is 122 Å².